The Morgan fingerprint density at radius 3 is 2.62 bits per heavy atom. The molecule has 1 rings (SSSR count). The van der Waals surface area contributed by atoms with E-state index in [2.05, 4.69) is 0 Å². The number of aliphatic hydroxyl groups excluding tert-OH is 1. The van der Waals surface area contributed by atoms with E-state index in [0.29, 0.717) is 12.5 Å². The molecule has 0 aromatic carbocycles. The van der Waals surface area contributed by atoms with Gasteiger partial charge >= 0.3 is 0 Å². The van der Waals surface area contributed by atoms with Crippen LogP contribution in [0, 0.1) is 0 Å². The molecule has 0 aliphatic carbocycles. The molecule has 1 fully saturated rings. The summed E-state index contributed by atoms with van der Waals surface area (Å²) >= 11 is 0. The summed E-state index contributed by atoms with van der Waals surface area (Å²) in [5.74, 6) is 0. The average molecular weight is 118 g/mol. The average Bonchev–Trinajstić information content (AvgIpc) is 2.41. The van der Waals surface area contributed by atoms with Crippen molar-refractivity contribution in [1.29, 1.82) is 0 Å². The van der Waals surface area contributed by atoms with Crippen LogP contribution in [0.25, 0.3) is 0 Å². The molecular formula is C5H10O3. The van der Waals surface area contributed by atoms with E-state index in [1.807, 2.05) is 0 Å². The van der Waals surface area contributed by atoms with Crippen LogP contribution in [0.4, 0.5) is 0 Å². The van der Waals surface area contributed by atoms with E-state index < -0.39 is 6.29 Å². The Kier molecular flexibility index (Phi) is 1.83. The number of hydrogen-bond donors (Lipinski definition) is 2. The number of hydrogen-bond acceptors (Lipinski definition) is 3. The first kappa shape index (κ1) is 6.01. The van der Waals surface area contributed by atoms with Crippen molar-refractivity contribution in [3.63, 3.8) is 0 Å². The fourth-order valence-corrected chi connectivity index (χ4v) is 0.570. The van der Waals surface area contributed by atoms with Gasteiger partial charge in [0.25, 0.3) is 0 Å². The molecule has 0 spiro atoms. The molecule has 8 heavy (non-hydrogen) atoms. The van der Waals surface area contributed by atoms with E-state index in [4.69, 9.17) is 14.9 Å². The van der Waals surface area contributed by atoms with Crippen molar-refractivity contribution in [2.24, 2.45) is 0 Å². The van der Waals surface area contributed by atoms with Crippen LogP contribution < -0.4 is 0 Å². The van der Waals surface area contributed by atoms with E-state index in [1.54, 1.807) is 0 Å². The summed E-state index contributed by atoms with van der Waals surface area (Å²) in [6.07, 6.45) is 0.374. The molecule has 1 aliphatic rings. The molecule has 0 radical (unpaired) electrons. The van der Waals surface area contributed by atoms with Gasteiger partial charge in [0.2, 0.25) is 0 Å². The third-order valence-electron chi connectivity index (χ3n) is 1.15. The Bertz CT molecular complexity index is 66.1. The third kappa shape index (κ3) is 2.26. The molecule has 0 bridgehead atoms. The Hall–Kier alpha value is -0.120. The molecule has 1 saturated heterocycles. The lowest BCUT2D eigenvalue weighted by atomic mass is 10.2. The summed E-state index contributed by atoms with van der Waals surface area (Å²) in [5.41, 5.74) is 0. The Morgan fingerprint density at radius 2 is 2.25 bits per heavy atom. The lowest BCUT2D eigenvalue weighted by Crippen LogP contribution is -2.04. The molecule has 0 aromatic rings. The zero-order chi connectivity index (χ0) is 5.98. The lowest BCUT2D eigenvalue weighted by molar-refractivity contribution is -0.0473. The van der Waals surface area contributed by atoms with Crippen LogP contribution in [-0.2, 0) is 4.74 Å². The van der Waals surface area contributed by atoms with Gasteiger partial charge in [0.05, 0.1) is 12.7 Å². The molecule has 2 N–H and O–H groups in total. The molecule has 1 unspecified atom stereocenters. The fourth-order valence-electron chi connectivity index (χ4n) is 0.570. The third-order valence-corrected chi connectivity index (χ3v) is 1.15. The Balaban J connectivity index is 1.87. The predicted molar refractivity (Wildman–Crippen MR) is 27.2 cm³/mol. The second-order valence-electron chi connectivity index (χ2n) is 2.01. The van der Waals surface area contributed by atoms with E-state index in [-0.39, 0.29) is 0 Å². The number of rotatable bonds is 3. The maximum absolute atomic E-state index is 8.33. The normalized spacial score (nSPS) is 26.6. The van der Waals surface area contributed by atoms with Gasteiger partial charge < -0.3 is 14.9 Å². The predicted octanol–water partition coefficient (Wildman–Crippen LogP) is -0.524. The monoisotopic (exact) mass is 118 g/mol. The van der Waals surface area contributed by atoms with Gasteiger partial charge in [-0.15, -0.1) is 0 Å². The van der Waals surface area contributed by atoms with Crippen molar-refractivity contribution in [2.45, 2.75) is 25.2 Å². The molecule has 0 aromatic heterocycles. The van der Waals surface area contributed by atoms with E-state index in [0.717, 1.165) is 13.0 Å². The van der Waals surface area contributed by atoms with Crippen molar-refractivity contribution in [2.75, 3.05) is 6.61 Å². The van der Waals surface area contributed by atoms with Gasteiger partial charge in [0, 0.05) is 6.42 Å². The second-order valence-corrected chi connectivity index (χ2v) is 2.01. The molecule has 1 heterocycles. The first-order valence-electron chi connectivity index (χ1n) is 2.77. The zero-order valence-corrected chi connectivity index (χ0v) is 4.58. The standard InChI is InChI=1S/C5H10O3/c6-5(7)2-1-4-3-8-4/h4-7H,1-3H2. The smallest absolute Gasteiger partial charge is 0.151 e. The number of ether oxygens (including phenoxy) is 1. The highest BCUT2D eigenvalue weighted by atomic mass is 16.6. The zero-order valence-electron chi connectivity index (χ0n) is 4.58. The minimum Gasteiger partial charge on any atom is -0.373 e. The first-order chi connectivity index (χ1) is 3.79. The van der Waals surface area contributed by atoms with E-state index >= 15 is 0 Å². The van der Waals surface area contributed by atoms with Gasteiger partial charge in [-0.05, 0) is 6.42 Å². The van der Waals surface area contributed by atoms with E-state index in [9.17, 15) is 0 Å². The minimum absolute atomic E-state index is 0.316. The molecule has 0 amide bonds. The van der Waals surface area contributed by atoms with Gasteiger partial charge in [0.1, 0.15) is 0 Å². The van der Waals surface area contributed by atoms with Crippen LogP contribution in [-0.4, -0.2) is 29.2 Å². The van der Waals surface area contributed by atoms with Gasteiger partial charge in [0.15, 0.2) is 6.29 Å². The van der Waals surface area contributed by atoms with Gasteiger partial charge in [-0.3, -0.25) is 0 Å². The second kappa shape index (κ2) is 2.44. The molecule has 3 nitrogen and oxygen atoms in total. The Labute approximate surface area is 47.9 Å². The largest absolute Gasteiger partial charge is 0.373 e. The molecular weight excluding hydrogens is 108 g/mol. The molecule has 1 atom stereocenters. The van der Waals surface area contributed by atoms with Crippen molar-refractivity contribution in [3.05, 3.63) is 0 Å². The van der Waals surface area contributed by atoms with Crippen LogP contribution >= 0.6 is 0 Å². The van der Waals surface area contributed by atoms with Gasteiger partial charge in [-0.25, -0.2) is 0 Å². The summed E-state index contributed by atoms with van der Waals surface area (Å²) in [4.78, 5) is 0. The number of aliphatic hydroxyl groups is 2. The van der Waals surface area contributed by atoms with Gasteiger partial charge in [-0.1, -0.05) is 0 Å². The van der Waals surface area contributed by atoms with Crippen molar-refractivity contribution in [3.8, 4) is 0 Å². The van der Waals surface area contributed by atoms with Crippen LogP contribution in [0.1, 0.15) is 12.8 Å². The Morgan fingerprint density at radius 1 is 1.62 bits per heavy atom. The molecule has 0 saturated carbocycles. The lowest BCUT2D eigenvalue weighted by Gasteiger charge is -1.97. The minimum atomic E-state index is -1.15. The van der Waals surface area contributed by atoms with Crippen LogP contribution in [0.5, 0.6) is 0 Å². The number of epoxide rings is 1. The summed E-state index contributed by atoms with van der Waals surface area (Å²) in [7, 11) is 0. The van der Waals surface area contributed by atoms with Gasteiger partial charge in [-0.2, -0.15) is 0 Å². The SMILES string of the molecule is OC(O)CCC1CO1. The fraction of sp³-hybridized carbons (Fsp3) is 1.00. The van der Waals surface area contributed by atoms with Crippen molar-refractivity contribution in [1.82, 2.24) is 0 Å². The topological polar surface area (TPSA) is 53.0 Å². The summed E-state index contributed by atoms with van der Waals surface area (Å²) < 4.78 is 4.84. The van der Waals surface area contributed by atoms with Crippen LogP contribution in [0.15, 0.2) is 0 Å². The van der Waals surface area contributed by atoms with Crippen LogP contribution in [0.3, 0.4) is 0 Å². The maximum Gasteiger partial charge on any atom is 0.151 e. The summed E-state index contributed by atoms with van der Waals surface area (Å²) in [6.45, 7) is 0.798. The summed E-state index contributed by atoms with van der Waals surface area (Å²) in [6, 6.07) is 0. The maximum atomic E-state index is 8.33. The highest BCUT2D eigenvalue weighted by Crippen LogP contribution is 2.15. The highest BCUT2D eigenvalue weighted by Gasteiger charge is 2.22. The first-order valence-corrected chi connectivity index (χ1v) is 2.77. The van der Waals surface area contributed by atoms with Crippen LogP contribution in [0.2, 0.25) is 0 Å². The van der Waals surface area contributed by atoms with E-state index in [1.165, 1.54) is 0 Å². The van der Waals surface area contributed by atoms with Crippen molar-refractivity contribution < 1.29 is 14.9 Å². The molecule has 1 aliphatic heterocycles. The molecule has 48 valence electrons. The van der Waals surface area contributed by atoms with Crippen molar-refractivity contribution >= 4 is 0 Å². The quantitative estimate of drug-likeness (QED) is 0.387. The highest BCUT2D eigenvalue weighted by molar-refractivity contribution is 4.68. The summed E-state index contributed by atoms with van der Waals surface area (Å²) in [5, 5.41) is 16.7. The molecule has 3 heteroatoms.